The maximum atomic E-state index is 13.8. The largest absolute Gasteiger partial charge is 0.495 e. The van der Waals surface area contributed by atoms with Gasteiger partial charge < -0.3 is 14.8 Å². The van der Waals surface area contributed by atoms with E-state index in [1.165, 1.54) is 7.11 Å². The molecule has 1 heterocycles. The molecule has 0 aliphatic carbocycles. The Morgan fingerprint density at radius 3 is 2.48 bits per heavy atom. The number of aryl methyl sites for hydroxylation is 3. The van der Waals surface area contributed by atoms with Gasteiger partial charge >= 0.3 is 0 Å². The molecule has 0 bridgehead atoms. The molecule has 2 aromatic carbocycles. The van der Waals surface area contributed by atoms with E-state index in [4.69, 9.17) is 9.47 Å². The van der Waals surface area contributed by atoms with Crippen molar-refractivity contribution in [2.75, 3.05) is 57.4 Å². The number of morpholine rings is 1. The van der Waals surface area contributed by atoms with Crippen molar-refractivity contribution in [3.8, 4) is 5.75 Å². The van der Waals surface area contributed by atoms with E-state index in [1.54, 1.807) is 30.3 Å². The van der Waals surface area contributed by atoms with Gasteiger partial charge in [0.2, 0.25) is 5.91 Å². The maximum absolute atomic E-state index is 13.8. The molecular formula is C24H33N3O5S. The topological polar surface area (TPSA) is 88.2 Å². The number of amides is 1. The lowest BCUT2D eigenvalue weighted by atomic mass is 10.1. The van der Waals surface area contributed by atoms with Crippen LogP contribution in [0.5, 0.6) is 5.75 Å². The first-order chi connectivity index (χ1) is 15.7. The Labute approximate surface area is 196 Å². The number of hydrogen-bond acceptors (Lipinski definition) is 6. The highest BCUT2D eigenvalue weighted by Gasteiger charge is 2.30. The van der Waals surface area contributed by atoms with Crippen molar-refractivity contribution < 1.29 is 22.7 Å². The third-order valence-corrected chi connectivity index (χ3v) is 7.60. The van der Waals surface area contributed by atoms with Crippen LogP contribution in [-0.4, -0.2) is 72.3 Å². The second-order valence-corrected chi connectivity index (χ2v) is 10.1. The molecule has 1 aliphatic heterocycles. The fourth-order valence-electron chi connectivity index (χ4n) is 3.66. The summed E-state index contributed by atoms with van der Waals surface area (Å²) in [6, 6.07) is 10.4. The summed E-state index contributed by atoms with van der Waals surface area (Å²) in [5.74, 6) is -0.126. The zero-order chi connectivity index (χ0) is 24.0. The number of rotatable bonds is 9. The van der Waals surface area contributed by atoms with Crippen LogP contribution in [0, 0.1) is 20.8 Å². The van der Waals surface area contributed by atoms with Crippen LogP contribution in [-0.2, 0) is 19.6 Å². The third-order valence-electron chi connectivity index (χ3n) is 5.81. The number of carbonyl (C=O) groups excluding carboxylic acids is 1. The summed E-state index contributed by atoms with van der Waals surface area (Å²) in [6.07, 6.45) is 0. The Balaban J connectivity index is 1.85. The molecule has 1 amide bonds. The van der Waals surface area contributed by atoms with Crippen LogP contribution in [0.3, 0.4) is 0 Å². The molecule has 0 spiro atoms. The predicted molar refractivity (Wildman–Crippen MR) is 128 cm³/mol. The van der Waals surface area contributed by atoms with Gasteiger partial charge in [0.25, 0.3) is 10.0 Å². The molecule has 8 nitrogen and oxygen atoms in total. The second-order valence-electron chi connectivity index (χ2n) is 8.24. The summed E-state index contributed by atoms with van der Waals surface area (Å²) in [5.41, 5.74) is 3.20. The average Bonchev–Trinajstić information content (AvgIpc) is 2.80. The zero-order valence-corrected chi connectivity index (χ0v) is 20.6. The quantitative estimate of drug-likeness (QED) is 0.599. The van der Waals surface area contributed by atoms with Crippen molar-refractivity contribution in [1.82, 2.24) is 10.2 Å². The van der Waals surface area contributed by atoms with Crippen LogP contribution in [0.15, 0.2) is 41.3 Å². The number of anilines is 1. The van der Waals surface area contributed by atoms with Crippen LogP contribution >= 0.6 is 0 Å². The van der Waals surface area contributed by atoms with Gasteiger partial charge in [0.05, 0.1) is 26.0 Å². The van der Waals surface area contributed by atoms with Crippen LogP contribution in [0.25, 0.3) is 0 Å². The smallest absolute Gasteiger partial charge is 0.268 e. The first-order valence-electron chi connectivity index (χ1n) is 11.0. The molecule has 9 heteroatoms. The van der Waals surface area contributed by atoms with E-state index in [0.717, 1.165) is 34.1 Å². The number of methoxy groups -OCH3 is 1. The SMILES string of the molecule is COc1ccc(C)cc1S(=O)(=O)N(CC(=O)NCCN1CCOCC1)c1ccc(C)c(C)c1. The lowest BCUT2D eigenvalue weighted by Gasteiger charge is -2.27. The van der Waals surface area contributed by atoms with Crippen LogP contribution in [0.1, 0.15) is 16.7 Å². The van der Waals surface area contributed by atoms with E-state index < -0.39 is 10.0 Å². The number of hydrogen-bond donors (Lipinski definition) is 1. The number of sulfonamides is 1. The lowest BCUT2D eigenvalue weighted by molar-refractivity contribution is -0.119. The summed E-state index contributed by atoms with van der Waals surface area (Å²) in [4.78, 5) is 15.1. The fourth-order valence-corrected chi connectivity index (χ4v) is 5.32. The van der Waals surface area contributed by atoms with Gasteiger partial charge in [0, 0.05) is 26.2 Å². The van der Waals surface area contributed by atoms with Crippen molar-refractivity contribution >= 4 is 21.6 Å². The summed E-state index contributed by atoms with van der Waals surface area (Å²) >= 11 is 0. The Morgan fingerprint density at radius 2 is 1.82 bits per heavy atom. The molecule has 1 N–H and O–H groups in total. The van der Waals surface area contributed by atoms with Crippen LogP contribution in [0.4, 0.5) is 5.69 Å². The maximum Gasteiger partial charge on any atom is 0.268 e. The molecule has 1 fully saturated rings. The lowest BCUT2D eigenvalue weighted by Crippen LogP contribution is -2.45. The molecular weight excluding hydrogens is 442 g/mol. The van der Waals surface area contributed by atoms with E-state index >= 15 is 0 Å². The summed E-state index contributed by atoms with van der Waals surface area (Å²) in [5, 5.41) is 2.86. The first kappa shape index (κ1) is 25.0. The van der Waals surface area contributed by atoms with E-state index in [1.807, 2.05) is 26.8 Å². The van der Waals surface area contributed by atoms with Gasteiger partial charge in [-0.1, -0.05) is 12.1 Å². The number of nitrogens with zero attached hydrogens (tertiary/aromatic N) is 2. The molecule has 1 aliphatic rings. The summed E-state index contributed by atoms with van der Waals surface area (Å²) < 4.78 is 39.3. The van der Waals surface area contributed by atoms with Gasteiger partial charge in [-0.2, -0.15) is 0 Å². The van der Waals surface area contributed by atoms with E-state index in [0.29, 0.717) is 32.0 Å². The highest BCUT2D eigenvalue weighted by molar-refractivity contribution is 7.93. The van der Waals surface area contributed by atoms with Crippen molar-refractivity contribution in [3.05, 3.63) is 53.1 Å². The van der Waals surface area contributed by atoms with Crippen molar-refractivity contribution in [2.45, 2.75) is 25.7 Å². The van der Waals surface area contributed by atoms with Crippen LogP contribution in [0.2, 0.25) is 0 Å². The molecule has 2 aromatic rings. The number of benzene rings is 2. The van der Waals surface area contributed by atoms with Gasteiger partial charge in [-0.3, -0.25) is 14.0 Å². The Bertz CT molecular complexity index is 1080. The van der Waals surface area contributed by atoms with Gasteiger partial charge in [-0.05, 0) is 61.7 Å². The molecule has 0 atom stereocenters. The van der Waals surface area contributed by atoms with E-state index in [-0.39, 0.29) is 23.1 Å². The van der Waals surface area contributed by atoms with Crippen LogP contribution < -0.4 is 14.4 Å². The number of carbonyl (C=O) groups is 1. The van der Waals surface area contributed by atoms with E-state index in [9.17, 15) is 13.2 Å². The Hall–Kier alpha value is -2.62. The standard InChI is InChI=1S/C24H33N3O5S/c1-18-5-8-22(31-4)23(15-18)33(29,30)27(21-7-6-19(2)20(3)16-21)17-24(28)25-9-10-26-11-13-32-14-12-26/h5-8,15-16H,9-14,17H2,1-4H3,(H,25,28). The molecule has 3 rings (SSSR count). The highest BCUT2D eigenvalue weighted by atomic mass is 32.2. The fraction of sp³-hybridized carbons (Fsp3) is 0.458. The number of nitrogens with one attached hydrogen (secondary N) is 1. The minimum atomic E-state index is -4.07. The predicted octanol–water partition coefficient (Wildman–Crippen LogP) is 2.26. The number of ether oxygens (including phenoxy) is 2. The van der Waals surface area contributed by atoms with E-state index in [2.05, 4.69) is 10.2 Å². The minimum Gasteiger partial charge on any atom is -0.495 e. The van der Waals surface area contributed by atoms with Crippen molar-refractivity contribution in [3.63, 3.8) is 0 Å². The molecule has 180 valence electrons. The highest BCUT2D eigenvalue weighted by Crippen LogP contribution is 2.31. The first-order valence-corrected chi connectivity index (χ1v) is 12.5. The average molecular weight is 476 g/mol. The molecule has 0 aromatic heterocycles. The summed E-state index contributed by atoms with van der Waals surface area (Å²) in [6.45, 7) is 9.51. The van der Waals surface area contributed by atoms with Gasteiger partial charge in [0.1, 0.15) is 17.2 Å². The normalized spacial score (nSPS) is 14.7. The monoisotopic (exact) mass is 475 g/mol. The molecule has 33 heavy (non-hydrogen) atoms. The van der Waals surface area contributed by atoms with Gasteiger partial charge in [0.15, 0.2) is 0 Å². The Kier molecular flexibility index (Phi) is 8.34. The minimum absolute atomic E-state index is 0.0318. The molecule has 0 radical (unpaired) electrons. The van der Waals surface area contributed by atoms with Crippen molar-refractivity contribution in [1.29, 1.82) is 0 Å². The third kappa shape index (κ3) is 6.25. The van der Waals surface area contributed by atoms with Gasteiger partial charge in [-0.25, -0.2) is 8.42 Å². The van der Waals surface area contributed by atoms with Gasteiger partial charge in [-0.15, -0.1) is 0 Å². The Morgan fingerprint density at radius 1 is 1.09 bits per heavy atom. The summed E-state index contributed by atoms with van der Waals surface area (Å²) in [7, 11) is -2.64. The van der Waals surface area contributed by atoms with Crippen molar-refractivity contribution in [2.24, 2.45) is 0 Å². The zero-order valence-electron chi connectivity index (χ0n) is 19.8. The second kappa shape index (κ2) is 11.0. The molecule has 0 unspecified atom stereocenters. The molecule has 0 saturated carbocycles. The molecule has 1 saturated heterocycles.